The summed E-state index contributed by atoms with van der Waals surface area (Å²) in [6.07, 6.45) is -1.90. The van der Waals surface area contributed by atoms with E-state index in [-0.39, 0.29) is 19.8 Å². The standard InChI is InChI=1S/C6H14O5/c7-1-2-11-6(4-9)5(10)3-8/h5-10H,1-4H2. The van der Waals surface area contributed by atoms with Gasteiger partial charge >= 0.3 is 0 Å². The summed E-state index contributed by atoms with van der Waals surface area (Å²) in [5.74, 6) is 0. The van der Waals surface area contributed by atoms with E-state index in [2.05, 4.69) is 0 Å². The van der Waals surface area contributed by atoms with Gasteiger partial charge in [-0.25, -0.2) is 0 Å². The van der Waals surface area contributed by atoms with Crippen LogP contribution in [-0.2, 0) is 4.74 Å². The third-order valence-electron chi connectivity index (χ3n) is 1.22. The maximum atomic E-state index is 8.93. The number of aliphatic hydroxyl groups is 4. The molecule has 0 aliphatic rings. The summed E-state index contributed by atoms with van der Waals surface area (Å²) in [4.78, 5) is 0. The quantitative estimate of drug-likeness (QED) is 0.356. The predicted molar refractivity (Wildman–Crippen MR) is 37.0 cm³/mol. The first kappa shape index (κ1) is 10.8. The van der Waals surface area contributed by atoms with E-state index in [4.69, 9.17) is 25.2 Å². The van der Waals surface area contributed by atoms with E-state index < -0.39 is 18.8 Å². The van der Waals surface area contributed by atoms with Crippen molar-refractivity contribution in [3.8, 4) is 0 Å². The van der Waals surface area contributed by atoms with Gasteiger partial charge in [0.1, 0.15) is 12.2 Å². The van der Waals surface area contributed by atoms with Crippen LogP contribution in [0.15, 0.2) is 0 Å². The second kappa shape index (κ2) is 6.51. The van der Waals surface area contributed by atoms with Gasteiger partial charge in [-0.2, -0.15) is 0 Å². The van der Waals surface area contributed by atoms with Crippen molar-refractivity contribution >= 4 is 0 Å². The number of ether oxygens (including phenoxy) is 1. The fourth-order valence-electron chi connectivity index (χ4n) is 0.607. The van der Waals surface area contributed by atoms with Crippen LogP contribution in [0.4, 0.5) is 0 Å². The summed E-state index contributed by atoms with van der Waals surface area (Å²) in [7, 11) is 0. The van der Waals surface area contributed by atoms with Crippen molar-refractivity contribution in [1.29, 1.82) is 0 Å². The third-order valence-corrected chi connectivity index (χ3v) is 1.22. The Balaban J connectivity index is 3.56. The molecule has 0 saturated carbocycles. The van der Waals surface area contributed by atoms with Gasteiger partial charge in [-0.05, 0) is 0 Å². The van der Waals surface area contributed by atoms with Crippen LogP contribution < -0.4 is 0 Å². The highest BCUT2D eigenvalue weighted by atomic mass is 16.5. The van der Waals surface area contributed by atoms with Crippen molar-refractivity contribution in [3.05, 3.63) is 0 Å². The Labute approximate surface area is 64.9 Å². The lowest BCUT2D eigenvalue weighted by Gasteiger charge is -2.18. The largest absolute Gasteiger partial charge is 0.394 e. The normalized spacial score (nSPS) is 16.4. The summed E-state index contributed by atoms with van der Waals surface area (Å²) in [5, 5.41) is 34.3. The summed E-state index contributed by atoms with van der Waals surface area (Å²) in [6, 6.07) is 0. The lowest BCUT2D eigenvalue weighted by molar-refractivity contribution is -0.0857. The molecule has 5 heteroatoms. The van der Waals surface area contributed by atoms with Crippen molar-refractivity contribution in [2.24, 2.45) is 0 Å². The smallest absolute Gasteiger partial charge is 0.109 e. The number of hydrogen-bond acceptors (Lipinski definition) is 5. The molecular formula is C6H14O5. The average Bonchev–Trinajstić information content (AvgIpc) is 2.05. The molecule has 0 aromatic rings. The topological polar surface area (TPSA) is 90.2 Å². The average molecular weight is 166 g/mol. The molecule has 0 radical (unpaired) electrons. The molecule has 0 aliphatic carbocycles. The predicted octanol–water partition coefficient (Wildman–Crippen LogP) is -2.29. The van der Waals surface area contributed by atoms with Crippen LogP contribution in [0.1, 0.15) is 0 Å². The minimum atomic E-state index is -1.09. The van der Waals surface area contributed by atoms with E-state index in [0.29, 0.717) is 0 Å². The van der Waals surface area contributed by atoms with Crippen LogP contribution >= 0.6 is 0 Å². The Morgan fingerprint density at radius 3 is 2.09 bits per heavy atom. The number of aliphatic hydroxyl groups excluding tert-OH is 4. The first-order valence-corrected chi connectivity index (χ1v) is 3.38. The highest BCUT2D eigenvalue weighted by molar-refractivity contribution is 4.66. The minimum absolute atomic E-state index is 0.0439. The molecule has 68 valence electrons. The molecule has 2 atom stereocenters. The first-order chi connectivity index (χ1) is 5.26. The SMILES string of the molecule is OCCOC(CO)C(O)CO. The van der Waals surface area contributed by atoms with Gasteiger partial charge in [0.15, 0.2) is 0 Å². The molecule has 0 saturated heterocycles. The van der Waals surface area contributed by atoms with Crippen LogP contribution in [0.5, 0.6) is 0 Å². The molecule has 0 heterocycles. The Hall–Kier alpha value is -0.200. The second-order valence-corrected chi connectivity index (χ2v) is 2.07. The van der Waals surface area contributed by atoms with Gasteiger partial charge in [-0.15, -0.1) is 0 Å². The second-order valence-electron chi connectivity index (χ2n) is 2.07. The highest BCUT2D eigenvalue weighted by Gasteiger charge is 2.17. The summed E-state index contributed by atoms with van der Waals surface area (Å²) >= 11 is 0. The molecule has 0 amide bonds. The van der Waals surface area contributed by atoms with Gasteiger partial charge < -0.3 is 25.2 Å². The van der Waals surface area contributed by atoms with Gasteiger partial charge in [0.2, 0.25) is 0 Å². The zero-order valence-electron chi connectivity index (χ0n) is 6.18. The maximum Gasteiger partial charge on any atom is 0.109 e. The lowest BCUT2D eigenvalue weighted by Crippen LogP contribution is -2.35. The Kier molecular flexibility index (Phi) is 6.39. The maximum absolute atomic E-state index is 8.93. The van der Waals surface area contributed by atoms with Gasteiger partial charge in [0.25, 0.3) is 0 Å². The first-order valence-electron chi connectivity index (χ1n) is 3.38. The van der Waals surface area contributed by atoms with Crippen LogP contribution in [0.2, 0.25) is 0 Å². The number of hydrogen-bond donors (Lipinski definition) is 4. The summed E-state index contributed by atoms with van der Waals surface area (Å²) in [6.45, 7) is -0.963. The zero-order valence-corrected chi connectivity index (χ0v) is 6.18. The molecule has 0 rings (SSSR count). The van der Waals surface area contributed by atoms with Crippen LogP contribution in [0.25, 0.3) is 0 Å². The van der Waals surface area contributed by atoms with Crippen molar-refractivity contribution in [2.45, 2.75) is 12.2 Å². The van der Waals surface area contributed by atoms with E-state index in [1.807, 2.05) is 0 Å². The van der Waals surface area contributed by atoms with Crippen molar-refractivity contribution in [2.75, 3.05) is 26.4 Å². The van der Waals surface area contributed by atoms with Crippen molar-refractivity contribution in [3.63, 3.8) is 0 Å². The van der Waals surface area contributed by atoms with E-state index in [0.717, 1.165) is 0 Å². The molecule has 0 aromatic heterocycles. The highest BCUT2D eigenvalue weighted by Crippen LogP contribution is 1.97. The molecule has 0 bridgehead atoms. The van der Waals surface area contributed by atoms with Gasteiger partial charge in [-0.3, -0.25) is 0 Å². The lowest BCUT2D eigenvalue weighted by atomic mass is 10.2. The van der Waals surface area contributed by atoms with Crippen molar-refractivity contribution < 1.29 is 25.2 Å². The molecule has 0 fully saturated rings. The number of rotatable bonds is 6. The summed E-state index contributed by atoms with van der Waals surface area (Å²) in [5.41, 5.74) is 0. The van der Waals surface area contributed by atoms with Crippen LogP contribution in [0.3, 0.4) is 0 Å². The Morgan fingerprint density at radius 1 is 1.09 bits per heavy atom. The van der Waals surface area contributed by atoms with Crippen LogP contribution in [0, 0.1) is 0 Å². The van der Waals surface area contributed by atoms with Gasteiger partial charge in [0, 0.05) is 0 Å². The molecule has 11 heavy (non-hydrogen) atoms. The molecule has 2 unspecified atom stereocenters. The third kappa shape index (κ3) is 4.28. The zero-order chi connectivity index (χ0) is 8.69. The van der Waals surface area contributed by atoms with Gasteiger partial charge in [-0.1, -0.05) is 0 Å². The summed E-state index contributed by atoms with van der Waals surface area (Å²) < 4.78 is 4.78. The van der Waals surface area contributed by atoms with E-state index in [9.17, 15) is 0 Å². The van der Waals surface area contributed by atoms with E-state index in [1.54, 1.807) is 0 Å². The fraction of sp³-hybridized carbons (Fsp3) is 1.00. The monoisotopic (exact) mass is 166 g/mol. The van der Waals surface area contributed by atoms with E-state index in [1.165, 1.54) is 0 Å². The fourth-order valence-corrected chi connectivity index (χ4v) is 0.607. The molecule has 5 nitrogen and oxygen atoms in total. The molecule has 0 spiro atoms. The molecular weight excluding hydrogens is 152 g/mol. The molecule has 0 aliphatic heterocycles. The Morgan fingerprint density at radius 2 is 1.73 bits per heavy atom. The van der Waals surface area contributed by atoms with Crippen LogP contribution in [-0.4, -0.2) is 59.1 Å². The minimum Gasteiger partial charge on any atom is -0.394 e. The molecule has 0 aromatic carbocycles. The van der Waals surface area contributed by atoms with Gasteiger partial charge in [0.05, 0.1) is 26.4 Å². The van der Waals surface area contributed by atoms with Crippen molar-refractivity contribution in [1.82, 2.24) is 0 Å². The van der Waals surface area contributed by atoms with E-state index >= 15 is 0 Å². The molecule has 4 N–H and O–H groups in total. The Bertz CT molecular complexity index is 87.0.